The number of phosphoric ester groups is 1. The molecule has 2 N–H and O–H groups in total. The lowest BCUT2D eigenvalue weighted by molar-refractivity contribution is -0.870. The summed E-state index contributed by atoms with van der Waals surface area (Å²) in [5.41, 5.74) is 0. The van der Waals surface area contributed by atoms with E-state index in [9.17, 15) is 19.4 Å². The molecule has 0 fully saturated rings. The Morgan fingerprint density at radius 2 is 1.17 bits per heavy atom. The third-order valence-corrected chi connectivity index (χ3v) is 9.72. The number of aliphatic hydroxyl groups is 1. The van der Waals surface area contributed by atoms with Crippen LogP contribution in [0.2, 0.25) is 0 Å². The summed E-state index contributed by atoms with van der Waals surface area (Å²) in [6.07, 6.45) is 32.2. The first-order valence-electron chi connectivity index (χ1n) is 19.5. The standard InChI is InChI=1S/C38H77N2O6P/c1-6-8-10-12-14-16-17-18-19-20-21-22-24-26-28-30-32-38(42)39-36(35-46-47(43,44)45-34-33-40(3,4)5)37(41)31-29-27-25-23-15-13-11-9-7-2/h15,23,36-37,41H,6-14,16-22,24-35H2,1-5H3,(H-,39,42,43,44)/b23-15+/t36-,37+/m0/s1. The van der Waals surface area contributed by atoms with E-state index in [1.54, 1.807) is 0 Å². The molecule has 0 aliphatic carbocycles. The fourth-order valence-corrected chi connectivity index (χ4v) is 6.28. The van der Waals surface area contributed by atoms with Crippen LogP contribution in [0.5, 0.6) is 0 Å². The number of hydrogen-bond donors (Lipinski definition) is 2. The Kier molecular flexibility index (Phi) is 30.7. The molecular formula is C38H77N2O6P. The van der Waals surface area contributed by atoms with E-state index in [0.717, 1.165) is 44.9 Å². The van der Waals surface area contributed by atoms with E-state index in [2.05, 4.69) is 31.3 Å². The number of phosphoric acid groups is 1. The number of aliphatic hydroxyl groups excluding tert-OH is 1. The zero-order chi connectivity index (χ0) is 35.1. The highest BCUT2D eigenvalue weighted by molar-refractivity contribution is 7.45. The van der Waals surface area contributed by atoms with Crippen LogP contribution in [0.1, 0.15) is 174 Å². The minimum atomic E-state index is -4.55. The Labute approximate surface area is 291 Å². The van der Waals surface area contributed by atoms with E-state index in [1.165, 1.54) is 103 Å². The quantitative estimate of drug-likeness (QED) is 0.0297. The van der Waals surface area contributed by atoms with Crippen LogP contribution in [0.25, 0.3) is 0 Å². The van der Waals surface area contributed by atoms with Gasteiger partial charge in [-0.3, -0.25) is 9.36 Å². The van der Waals surface area contributed by atoms with Gasteiger partial charge in [-0.1, -0.05) is 142 Å². The molecule has 9 heteroatoms. The number of allylic oxidation sites excluding steroid dienone is 2. The zero-order valence-electron chi connectivity index (χ0n) is 31.5. The van der Waals surface area contributed by atoms with E-state index in [0.29, 0.717) is 23.9 Å². The van der Waals surface area contributed by atoms with Crippen molar-refractivity contribution in [2.24, 2.45) is 0 Å². The molecule has 0 aliphatic heterocycles. The smallest absolute Gasteiger partial charge is 0.268 e. The van der Waals surface area contributed by atoms with Crippen molar-refractivity contribution >= 4 is 13.7 Å². The number of unbranched alkanes of at least 4 members (excludes halogenated alkanes) is 20. The molecule has 3 atom stereocenters. The van der Waals surface area contributed by atoms with Gasteiger partial charge in [0.25, 0.3) is 7.82 Å². The van der Waals surface area contributed by atoms with Crippen molar-refractivity contribution in [1.82, 2.24) is 5.32 Å². The van der Waals surface area contributed by atoms with Crippen molar-refractivity contribution in [3.63, 3.8) is 0 Å². The number of hydrogen-bond acceptors (Lipinski definition) is 6. The van der Waals surface area contributed by atoms with Gasteiger partial charge in [-0.05, 0) is 38.5 Å². The van der Waals surface area contributed by atoms with Crippen LogP contribution < -0.4 is 10.2 Å². The van der Waals surface area contributed by atoms with E-state index < -0.39 is 20.0 Å². The molecule has 280 valence electrons. The minimum Gasteiger partial charge on any atom is -0.756 e. The van der Waals surface area contributed by atoms with Gasteiger partial charge in [-0.2, -0.15) is 0 Å². The van der Waals surface area contributed by atoms with Crippen LogP contribution in [0.3, 0.4) is 0 Å². The lowest BCUT2D eigenvalue weighted by atomic mass is 10.0. The summed E-state index contributed by atoms with van der Waals surface area (Å²) in [6.45, 7) is 4.64. The maximum Gasteiger partial charge on any atom is 0.268 e. The van der Waals surface area contributed by atoms with Crippen LogP contribution in [-0.2, 0) is 18.4 Å². The average molecular weight is 689 g/mol. The van der Waals surface area contributed by atoms with Gasteiger partial charge in [0.05, 0.1) is 39.9 Å². The topological polar surface area (TPSA) is 108 Å². The predicted octanol–water partition coefficient (Wildman–Crippen LogP) is 9.39. The lowest BCUT2D eigenvalue weighted by Gasteiger charge is -2.30. The van der Waals surface area contributed by atoms with Crippen LogP contribution in [-0.4, -0.2) is 68.5 Å². The number of carbonyl (C=O) groups excluding carboxylic acids is 1. The fraction of sp³-hybridized carbons (Fsp3) is 0.921. The summed E-state index contributed by atoms with van der Waals surface area (Å²) >= 11 is 0. The SMILES string of the molecule is CCCCC/C=C/CCCC[C@@H](O)[C@H](COP(=O)([O-])OCC[N+](C)(C)C)NC(=O)CCCCCCCCCCCCCCCCCC. The number of rotatable bonds is 35. The first-order valence-corrected chi connectivity index (χ1v) is 21.0. The van der Waals surface area contributed by atoms with E-state index in [1.807, 2.05) is 21.1 Å². The number of quaternary nitrogens is 1. The van der Waals surface area contributed by atoms with E-state index >= 15 is 0 Å². The van der Waals surface area contributed by atoms with Crippen molar-refractivity contribution in [3.05, 3.63) is 12.2 Å². The van der Waals surface area contributed by atoms with Gasteiger partial charge in [-0.25, -0.2) is 0 Å². The Balaban J connectivity index is 4.38. The summed E-state index contributed by atoms with van der Waals surface area (Å²) in [6, 6.07) is -0.808. The summed E-state index contributed by atoms with van der Waals surface area (Å²) in [5.74, 6) is -0.176. The summed E-state index contributed by atoms with van der Waals surface area (Å²) in [4.78, 5) is 25.1. The molecule has 0 aromatic heterocycles. The molecular weight excluding hydrogens is 611 g/mol. The molecule has 0 rings (SSSR count). The summed E-state index contributed by atoms with van der Waals surface area (Å²) in [7, 11) is 1.29. The average Bonchev–Trinajstić information content (AvgIpc) is 3.01. The third kappa shape index (κ3) is 33.5. The molecule has 1 unspecified atom stereocenters. The van der Waals surface area contributed by atoms with Crippen molar-refractivity contribution in [3.8, 4) is 0 Å². The van der Waals surface area contributed by atoms with E-state index in [-0.39, 0.29) is 19.1 Å². The summed E-state index contributed by atoms with van der Waals surface area (Å²) < 4.78 is 23.1. The van der Waals surface area contributed by atoms with Gasteiger partial charge < -0.3 is 28.8 Å². The van der Waals surface area contributed by atoms with Gasteiger partial charge in [0.2, 0.25) is 5.91 Å². The molecule has 0 aromatic rings. The van der Waals surface area contributed by atoms with Crippen molar-refractivity contribution < 1.29 is 32.9 Å². The zero-order valence-corrected chi connectivity index (χ0v) is 32.4. The first-order chi connectivity index (χ1) is 22.5. The molecule has 1 amide bonds. The molecule has 8 nitrogen and oxygen atoms in total. The van der Waals surface area contributed by atoms with E-state index in [4.69, 9.17) is 9.05 Å². The van der Waals surface area contributed by atoms with Crippen molar-refractivity contribution in [1.29, 1.82) is 0 Å². The second-order valence-corrected chi connectivity index (χ2v) is 16.0. The van der Waals surface area contributed by atoms with Crippen LogP contribution in [0, 0.1) is 0 Å². The van der Waals surface area contributed by atoms with Crippen LogP contribution >= 0.6 is 7.82 Å². The van der Waals surface area contributed by atoms with Gasteiger partial charge in [0, 0.05) is 6.42 Å². The molecule has 0 aromatic carbocycles. The maximum atomic E-state index is 12.8. The molecule has 0 spiro atoms. The molecule has 0 saturated carbocycles. The second kappa shape index (κ2) is 31.2. The van der Waals surface area contributed by atoms with Gasteiger partial charge in [0.1, 0.15) is 13.2 Å². The normalized spacial score (nSPS) is 14.8. The number of nitrogens with zero attached hydrogens (tertiary/aromatic N) is 1. The fourth-order valence-electron chi connectivity index (χ4n) is 5.56. The maximum absolute atomic E-state index is 12.8. The van der Waals surface area contributed by atoms with Gasteiger partial charge in [-0.15, -0.1) is 0 Å². The van der Waals surface area contributed by atoms with Crippen molar-refractivity contribution in [2.75, 3.05) is 40.9 Å². The first kappa shape index (κ1) is 46.2. The molecule has 0 saturated heterocycles. The largest absolute Gasteiger partial charge is 0.756 e. The Morgan fingerprint density at radius 1 is 0.723 bits per heavy atom. The molecule has 0 aliphatic rings. The van der Waals surface area contributed by atoms with Gasteiger partial charge >= 0.3 is 0 Å². The Morgan fingerprint density at radius 3 is 1.66 bits per heavy atom. The Hall–Kier alpha value is -0.760. The summed E-state index contributed by atoms with van der Waals surface area (Å²) in [5, 5.41) is 13.8. The highest BCUT2D eigenvalue weighted by atomic mass is 31.2. The number of amides is 1. The number of likely N-dealkylation sites (N-methyl/N-ethyl adjacent to an activating group) is 1. The molecule has 0 heterocycles. The van der Waals surface area contributed by atoms with Gasteiger partial charge in [0.15, 0.2) is 0 Å². The predicted molar refractivity (Wildman–Crippen MR) is 196 cm³/mol. The van der Waals surface area contributed by atoms with Crippen molar-refractivity contribution in [2.45, 2.75) is 187 Å². The lowest BCUT2D eigenvalue weighted by Crippen LogP contribution is -2.46. The molecule has 47 heavy (non-hydrogen) atoms. The Bertz CT molecular complexity index is 789. The highest BCUT2D eigenvalue weighted by Crippen LogP contribution is 2.38. The monoisotopic (exact) mass is 689 g/mol. The third-order valence-electron chi connectivity index (χ3n) is 8.75. The number of nitrogens with one attached hydrogen (secondary N) is 1. The highest BCUT2D eigenvalue weighted by Gasteiger charge is 2.24. The second-order valence-electron chi connectivity index (χ2n) is 14.6. The van der Waals surface area contributed by atoms with Crippen LogP contribution in [0.15, 0.2) is 12.2 Å². The minimum absolute atomic E-state index is 0.00900. The molecule has 0 bridgehead atoms. The molecule has 0 radical (unpaired) electrons. The van der Waals surface area contributed by atoms with Crippen LogP contribution in [0.4, 0.5) is 0 Å². The number of carbonyl (C=O) groups is 1.